The Morgan fingerprint density at radius 2 is 1.06 bits per heavy atom. The Hall–Kier alpha value is -4.54. The van der Waals surface area contributed by atoms with Crippen molar-refractivity contribution in [3.8, 4) is 5.75 Å². The molecule has 7 fully saturated rings. The first-order valence-electron chi connectivity index (χ1n) is 31.4. The molecule has 0 aromatic heterocycles. The summed E-state index contributed by atoms with van der Waals surface area (Å²) in [6.07, 6.45) is 23.8. The lowest BCUT2D eigenvalue weighted by Crippen LogP contribution is -2.55. The van der Waals surface area contributed by atoms with E-state index in [-0.39, 0.29) is 51.9 Å². The summed E-state index contributed by atoms with van der Waals surface area (Å²) in [5, 5.41) is 11.8. The smallest absolute Gasteiger partial charge is 0.312 e. The van der Waals surface area contributed by atoms with Gasteiger partial charge < -0.3 is 19.3 Å². The molecule has 11 nitrogen and oxygen atoms in total. The van der Waals surface area contributed by atoms with E-state index in [1.807, 2.05) is 113 Å². The van der Waals surface area contributed by atoms with E-state index in [1.54, 1.807) is 12.1 Å². The summed E-state index contributed by atoms with van der Waals surface area (Å²) in [5.74, 6) is 2.82. The van der Waals surface area contributed by atoms with Crippen LogP contribution < -0.4 is 5.32 Å². The fraction of sp³-hybridized carbons (Fsp3) is 0.739. The lowest BCUT2D eigenvalue weighted by atomic mass is 9.49. The summed E-state index contributed by atoms with van der Waals surface area (Å²) in [5.41, 5.74) is 0.0521. The molecular weight excluding hydrogens is 1000 g/mol. The number of Topliss-reactive ketones (excluding diaryl/α,β-unsaturated/α-hetero) is 1. The summed E-state index contributed by atoms with van der Waals surface area (Å²) >= 11 is 0. The first-order valence-corrected chi connectivity index (χ1v) is 31.4. The van der Waals surface area contributed by atoms with Gasteiger partial charge in [-0.15, -0.1) is 0 Å². The van der Waals surface area contributed by atoms with Crippen molar-refractivity contribution in [2.45, 2.75) is 281 Å². The fourth-order valence-corrected chi connectivity index (χ4v) is 12.1. The maximum Gasteiger partial charge on any atom is 0.312 e. The van der Waals surface area contributed by atoms with Crippen LogP contribution in [0.25, 0.3) is 0 Å². The standard InChI is InChI=1S/C18H26O2.C17H27NO2.C13H24O2.C11H18O3.C10H14O/c1-4-17(2,3)16(19)20-18(13-9-6-10-14-18)15-11-7-5-8-12-15;1-4-16(2,3)14(19)18-15(20)17-8-11-5-12(9-17)7-13(6-11)10-17;1-5-12(3,4)11(14)15-13(6-2)9-7-8-10-13;1-4-11(2,3)10(13)14-9-7-5-6-8(9)12;1-3-8(2)9-4-6-10(11)7-5-9/h5,7-8,11-12H,4,6,9-10,13-14H2,1-3H3;11-13H,4-10H2,1-3H3,(H,18,19,20);5-10H2,1-4H3;9H,4-7H2,1-3H3;4-8,11H,3H2,1-2H3. The summed E-state index contributed by atoms with van der Waals surface area (Å²) in [7, 11) is 0. The summed E-state index contributed by atoms with van der Waals surface area (Å²) in [4.78, 5) is 72.4. The Balaban J connectivity index is 0.000000219. The lowest BCUT2D eigenvalue weighted by Gasteiger charge is -2.55. The normalized spacial score (nSPS) is 23.9. The first kappa shape index (κ1) is 68.0. The van der Waals surface area contributed by atoms with E-state index in [2.05, 4.69) is 38.2 Å². The van der Waals surface area contributed by atoms with Gasteiger partial charge >= 0.3 is 17.9 Å². The Kier molecular flexibility index (Phi) is 25.2. The quantitative estimate of drug-likeness (QED) is 0.122. The van der Waals surface area contributed by atoms with Gasteiger partial charge in [0.15, 0.2) is 11.9 Å². The molecule has 2 N–H and O–H groups in total. The predicted molar refractivity (Wildman–Crippen MR) is 320 cm³/mol. The minimum absolute atomic E-state index is 0.0197. The molecule has 2 unspecified atom stereocenters. The van der Waals surface area contributed by atoms with Crippen LogP contribution in [0.15, 0.2) is 54.6 Å². The zero-order valence-electron chi connectivity index (χ0n) is 52.7. The molecule has 2 aromatic rings. The van der Waals surface area contributed by atoms with Crippen molar-refractivity contribution in [3.63, 3.8) is 0 Å². The van der Waals surface area contributed by atoms with E-state index < -0.39 is 27.9 Å². The molecule has 4 bridgehead atoms. The second-order valence-electron chi connectivity index (χ2n) is 27.5. The first-order chi connectivity index (χ1) is 37.5. The molecule has 0 aliphatic heterocycles. The molecule has 0 spiro atoms. The number of aromatic hydroxyl groups is 1. The summed E-state index contributed by atoms with van der Waals surface area (Å²) in [6.45, 7) is 29.9. The number of nitrogens with one attached hydrogen (secondary N) is 1. The van der Waals surface area contributed by atoms with Crippen molar-refractivity contribution in [1.29, 1.82) is 0 Å². The molecule has 2 aromatic carbocycles. The highest BCUT2D eigenvalue weighted by molar-refractivity contribution is 6.00. The van der Waals surface area contributed by atoms with Crippen molar-refractivity contribution >= 4 is 35.5 Å². The van der Waals surface area contributed by atoms with Gasteiger partial charge in [-0.2, -0.15) is 0 Å². The average molecular weight is 1110 g/mol. The van der Waals surface area contributed by atoms with E-state index in [0.717, 1.165) is 126 Å². The number of phenolic OH excluding ortho intramolecular Hbond substituents is 1. The van der Waals surface area contributed by atoms with Crippen molar-refractivity contribution in [1.82, 2.24) is 5.32 Å². The number of amides is 2. The molecule has 80 heavy (non-hydrogen) atoms. The van der Waals surface area contributed by atoms with Crippen LogP contribution in [0.3, 0.4) is 0 Å². The van der Waals surface area contributed by atoms with E-state index in [4.69, 9.17) is 19.3 Å². The Morgan fingerprint density at radius 3 is 1.50 bits per heavy atom. The highest BCUT2D eigenvalue weighted by atomic mass is 16.6. The number of hydrogen-bond donors (Lipinski definition) is 2. The molecule has 0 radical (unpaired) electrons. The molecule has 0 saturated heterocycles. The number of phenols is 1. The fourth-order valence-electron chi connectivity index (χ4n) is 12.1. The SMILES string of the molecule is CCC(C)(C)C(=O)NC(=O)C12CC3CC(CC(C3)C1)C2.CCC(C)(C)C(=O)OC1(c2ccccc2)CCCCC1.CCC(C)(C)C(=O)OC1CCCC1=O.CCC(C)c1ccc(O)cc1.CCC1(OC(=O)C(C)(C)CC)CCCC1. The molecule has 9 rings (SSSR count). The number of ether oxygens (including phenoxy) is 3. The zero-order chi connectivity index (χ0) is 59.7. The largest absolute Gasteiger partial charge is 0.508 e. The highest BCUT2D eigenvalue weighted by Crippen LogP contribution is 2.60. The van der Waals surface area contributed by atoms with Crippen molar-refractivity contribution in [2.75, 3.05) is 0 Å². The predicted octanol–water partition coefficient (Wildman–Crippen LogP) is 16.8. The molecule has 7 aliphatic carbocycles. The van der Waals surface area contributed by atoms with Crippen LogP contribution >= 0.6 is 0 Å². The van der Waals surface area contributed by atoms with E-state index in [1.165, 1.54) is 44.1 Å². The number of rotatable bonds is 16. The van der Waals surface area contributed by atoms with Gasteiger partial charge in [0.1, 0.15) is 17.0 Å². The van der Waals surface area contributed by atoms with Crippen molar-refractivity contribution in [2.24, 2.45) is 44.8 Å². The molecule has 0 heterocycles. The molecule has 2 atom stereocenters. The Labute approximate surface area is 484 Å². The third-order valence-electron chi connectivity index (χ3n) is 19.8. The molecular formula is C69H109NO10. The number of ketones is 1. The molecule has 450 valence electrons. The van der Waals surface area contributed by atoms with Crippen LogP contribution in [0.4, 0.5) is 0 Å². The van der Waals surface area contributed by atoms with E-state index in [9.17, 15) is 28.8 Å². The van der Waals surface area contributed by atoms with Crippen LogP contribution in [0.2, 0.25) is 0 Å². The van der Waals surface area contributed by atoms with Gasteiger partial charge in [-0.1, -0.05) is 111 Å². The topological polar surface area (TPSA) is 162 Å². The molecule has 2 amide bonds. The number of carbonyl (C=O) groups excluding carboxylic acids is 6. The highest BCUT2D eigenvalue weighted by Gasteiger charge is 2.55. The minimum atomic E-state index is -0.469. The van der Waals surface area contributed by atoms with E-state index in [0.29, 0.717) is 24.5 Å². The Bertz CT molecular complexity index is 2260. The second-order valence-corrected chi connectivity index (χ2v) is 27.5. The van der Waals surface area contributed by atoms with Gasteiger partial charge in [0.2, 0.25) is 11.8 Å². The van der Waals surface area contributed by atoms with Gasteiger partial charge in [0, 0.05) is 11.8 Å². The monoisotopic (exact) mass is 1110 g/mol. The van der Waals surface area contributed by atoms with Gasteiger partial charge in [0.25, 0.3) is 0 Å². The van der Waals surface area contributed by atoms with Crippen LogP contribution in [-0.4, -0.2) is 52.3 Å². The number of hydrogen-bond acceptors (Lipinski definition) is 10. The molecule has 7 aliphatic rings. The van der Waals surface area contributed by atoms with E-state index >= 15 is 0 Å². The number of carbonyl (C=O) groups is 6. The van der Waals surface area contributed by atoms with Crippen LogP contribution in [0, 0.1) is 44.8 Å². The average Bonchev–Trinajstić information content (AvgIpc) is 4.09. The number of imide groups is 1. The van der Waals surface area contributed by atoms with Crippen LogP contribution in [-0.2, 0) is 48.6 Å². The maximum atomic E-state index is 12.7. The minimum Gasteiger partial charge on any atom is -0.508 e. The van der Waals surface area contributed by atoms with Crippen molar-refractivity contribution < 1.29 is 48.1 Å². The lowest BCUT2D eigenvalue weighted by molar-refractivity contribution is -0.176. The zero-order valence-corrected chi connectivity index (χ0v) is 52.7. The van der Waals surface area contributed by atoms with Crippen LogP contribution in [0.5, 0.6) is 5.75 Å². The maximum absolute atomic E-state index is 12.7. The molecule has 7 saturated carbocycles. The number of benzene rings is 2. The van der Waals surface area contributed by atoms with Gasteiger partial charge in [0.05, 0.1) is 21.7 Å². The molecule has 11 heteroatoms. The third kappa shape index (κ3) is 18.5. The van der Waals surface area contributed by atoms with Gasteiger partial charge in [-0.05, 0) is 230 Å². The van der Waals surface area contributed by atoms with Crippen LogP contribution in [0.1, 0.15) is 275 Å². The third-order valence-corrected chi connectivity index (χ3v) is 19.8. The Morgan fingerprint density at radius 1 is 0.600 bits per heavy atom. The van der Waals surface area contributed by atoms with Gasteiger partial charge in [-0.25, -0.2) is 0 Å². The van der Waals surface area contributed by atoms with Crippen molar-refractivity contribution in [3.05, 3.63) is 65.7 Å². The summed E-state index contributed by atoms with van der Waals surface area (Å²) < 4.78 is 17.0. The second kappa shape index (κ2) is 29.6. The number of esters is 3. The van der Waals surface area contributed by atoms with Gasteiger partial charge in [-0.3, -0.25) is 34.1 Å². The summed E-state index contributed by atoms with van der Waals surface area (Å²) in [6, 6.07) is 17.7.